The molecule has 2 aliphatic heterocycles. The van der Waals surface area contributed by atoms with Crippen LogP contribution in [0.25, 0.3) is 11.0 Å². The largest absolute Gasteiger partial charge is 0.496 e. The van der Waals surface area contributed by atoms with Crippen molar-refractivity contribution in [3.63, 3.8) is 0 Å². The van der Waals surface area contributed by atoms with Gasteiger partial charge in [-0.2, -0.15) is 0 Å². The predicted octanol–water partition coefficient (Wildman–Crippen LogP) is 2.19. The van der Waals surface area contributed by atoms with Crippen LogP contribution in [-0.2, 0) is 19.0 Å². The SMILES string of the molecule is COc1ccccc1C1OCC2OC(Oc3ccc4c(C)cc(=O)oc4c3)C(NC(C)=O)C(O)C2O1. The van der Waals surface area contributed by atoms with Gasteiger partial charge in [0.2, 0.25) is 12.2 Å². The highest BCUT2D eigenvalue weighted by molar-refractivity contribution is 5.81. The number of aliphatic hydroxyl groups is 1. The maximum absolute atomic E-state index is 12.0. The van der Waals surface area contributed by atoms with Crippen LogP contribution < -0.4 is 20.4 Å². The summed E-state index contributed by atoms with van der Waals surface area (Å²) in [5.41, 5.74) is 1.33. The molecule has 6 atom stereocenters. The van der Waals surface area contributed by atoms with Gasteiger partial charge < -0.3 is 38.5 Å². The summed E-state index contributed by atoms with van der Waals surface area (Å²) in [6.07, 6.45) is -4.49. The lowest BCUT2D eigenvalue weighted by atomic mass is 9.95. The monoisotopic (exact) mass is 497 g/mol. The van der Waals surface area contributed by atoms with E-state index in [1.807, 2.05) is 25.1 Å². The molecule has 2 saturated heterocycles. The minimum absolute atomic E-state index is 0.114. The first-order valence-corrected chi connectivity index (χ1v) is 11.6. The van der Waals surface area contributed by atoms with Crippen molar-refractivity contribution >= 4 is 16.9 Å². The van der Waals surface area contributed by atoms with Gasteiger partial charge in [0, 0.05) is 30.0 Å². The summed E-state index contributed by atoms with van der Waals surface area (Å²) in [7, 11) is 1.55. The number of para-hydroxylation sites is 1. The quantitative estimate of drug-likeness (QED) is 0.510. The Morgan fingerprint density at radius 2 is 1.94 bits per heavy atom. The third-order valence-electron chi connectivity index (χ3n) is 6.30. The average molecular weight is 498 g/mol. The molecule has 0 aliphatic carbocycles. The summed E-state index contributed by atoms with van der Waals surface area (Å²) in [6, 6.07) is 12.8. The van der Waals surface area contributed by atoms with Gasteiger partial charge in [0.15, 0.2) is 6.29 Å². The topological polar surface area (TPSA) is 126 Å². The van der Waals surface area contributed by atoms with Gasteiger partial charge in [0.05, 0.1) is 13.7 Å². The fourth-order valence-electron chi connectivity index (χ4n) is 4.61. The summed E-state index contributed by atoms with van der Waals surface area (Å²) in [5.74, 6) is 0.556. The van der Waals surface area contributed by atoms with E-state index in [9.17, 15) is 14.7 Å². The maximum atomic E-state index is 12.0. The molecule has 0 saturated carbocycles. The van der Waals surface area contributed by atoms with Crippen LogP contribution in [0, 0.1) is 6.92 Å². The number of aliphatic hydroxyl groups excluding tert-OH is 1. The normalized spacial score (nSPS) is 27.8. The van der Waals surface area contributed by atoms with Gasteiger partial charge in [-0.25, -0.2) is 4.79 Å². The third kappa shape index (κ3) is 4.68. The molecule has 6 unspecified atom stereocenters. The van der Waals surface area contributed by atoms with Crippen LogP contribution in [0.4, 0.5) is 0 Å². The van der Waals surface area contributed by atoms with Gasteiger partial charge >= 0.3 is 5.63 Å². The molecule has 1 amide bonds. The molecule has 10 heteroatoms. The second-order valence-corrected chi connectivity index (χ2v) is 8.79. The zero-order chi connectivity index (χ0) is 25.4. The van der Waals surface area contributed by atoms with E-state index in [1.54, 1.807) is 31.4 Å². The summed E-state index contributed by atoms with van der Waals surface area (Å²) >= 11 is 0. The van der Waals surface area contributed by atoms with Crippen molar-refractivity contribution in [3.05, 3.63) is 70.1 Å². The van der Waals surface area contributed by atoms with Gasteiger partial charge in [-0.15, -0.1) is 0 Å². The van der Waals surface area contributed by atoms with Crippen LogP contribution in [0.1, 0.15) is 24.3 Å². The lowest BCUT2D eigenvalue weighted by Crippen LogP contribution is -2.67. The minimum atomic E-state index is -1.17. The van der Waals surface area contributed by atoms with Crippen LogP contribution in [0.5, 0.6) is 11.5 Å². The second-order valence-electron chi connectivity index (χ2n) is 8.79. The minimum Gasteiger partial charge on any atom is -0.496 e. The lowest BCUT2D eigenvalue weighted by molar-refractivity contribution is -0.333. The highest BCUT2D eigenvalue weighted by atomic mass is 16.7. The zero-order valence-electron chi connectivity index (χ0n) is 20.0. The Labute approximate surface area is 206 Å². The van der Waals surface area contributed by atoms with Crippen molar-refractivity contribution in [2.24, 2.45) is 0 Å². The first kappa shape index (κ1) is 24.3. The number of amides is 1. The first-order valence-electron chi connectivity index (χ1n) is 11.6. The number of rotatable bonds is 5. The number of hydrogen-bond donors (Lipinski definition) is 2. The molecule has 2 aliphatic rings. The Bertz CT molecular complexity index is 1320. The van der Waals surface area contributed by atoms with Gasteiger partial charge in [-0.3, -0.25) is 4.79 Å². The maximum Gasteiger partial charge on any atom is 0.336 e. The molecule has 10 nitrogen and oxygen atoms in total. The number of carbonyl (C=O) groups excluding carboxylic acids is 1. The van der Waals surface area contributed by atoms with Gasteiger partial charge in [0.25, 0.3) is 0 Å². The number of carbonyl (C=O) groups is 1. The van der Waals surface area contributed by atoms with Crippen molar-refractivity contribution in [1.82, 2.24) is 5.32 Å². The molecule has 2 aromatic carbocycles. The van der Waals surface area contributed by atoms with Crippen LogP contribution in [0.3, 0.4) is 0 Å². The molecule has 36 heavy (non-hydrogen) atoms. The van der Waals surface area contributed by atoms with Crippen LogP contribution in [0.2, 0.25) is 0 Å². The number of ether oxygens (including phenoxy) is 5. The number of nitrogens with one attached hydrogen (secondary N) is 1. The highest BCUT2D eigenvalue weighted by Gasteiger charge is 2.51. The molecule has 1 aromatic heterocycles. The second kappa shape index (κ2) is 9.90. The Morgan fingerprint density at radius 1 is 1.14 bits per heavy atom. The Hall–Kier alpha value is -3.44. The molecule has 3 heterocycles. The molecule has 2 N–H and O–H groups in total. The van der Waals surface area contributed by atoms with Crippen molar-refractivity contribution < 1.29 is 38.0 Å². The average Bonchev–Trinajstić information content (AvgIpc) is 2.85. The molecule has 0 radical (unpaired) electrons. The summed E-state index contributed by atoms with van der Waals surface area (Å²) in [5, 5.41) is 14.7. The molecule has 0 bridgehead atoms. The number of benzene rings is 2. The zero-order valence-corrected chi connectivity index (χ0v) is 20.0. The molecule has 3 aromatic rings. The predicted molar refractivity (Wildman–Crippen MR) is 127 cm³/mol. The molecule has 5 rings (SSSR count). The standard InChI is InChI=1S/C26H27NO9/c1-13-10-21(29)34-19-11-15(8-9-16(13)19)33-26-22(27-14(2)28)23(30)24-20(35-26)12-32-25(36-24)17-6-4-5-7-18(17)31-3/h4-11,20,22-26,30H,12H2,1-3H3,(H,27,28). The molecular weight excluding hydrogens is 470 g/mol. The van der Waals surface area contributed by atoms with Gasteiger partial charge in [-0.05, 0) is 30.7 Å². The first-order chi connectivity index (χ1) is 17.3. The highest BCUT2D eigenvalue weighted by Crippen LogP contribution is 2.37. The van der Waals surface area contributed by atoms with Crippen LogP contribution in [-0.4, -0.2) is 55.4 Å². The van der Waals surface area contributed by atoms with Gasteiger partial charge in [-0.1, -0.05) is 18.2 Å². The summed E-state index contributed by atoms with van der Waals surface area (Å²) in [6.45, 7) is 3.27. The summed E-state index contributed by atoms with van der Waals surface area (Å²) < 4.78 is 34.8. The van der Waals surface area contributed by atoms with Crippen molar-refractivity contribution in [1.29, 1.82) is 0 Å². The van der Waals surface area contributed by atoms with Crippen molar-refractivity contribution in [2.75, 3.05) is 13.7 Å². The summed E-state index contributed by atoms with van der Waals surface area (Å²) in [4.78, 5) is 23.8. The van der Waals surface area contributed by atoms with E-state index in [2.05, 4.69) is 5.32 Å². The van der Waals surface area contributed by atoms with Gasteiger partial charge in [0.1, 0.15) is 41.4 Å². The fraction of sp³-hybridized carbons (Fsp3) is 0.385. The van der Waals surface area contributed by atoms with E-state index in [1.165, 1.54) is 13.0 Å². The number of aryl methyl sites for hydroxylation is 1. The van der Waals surface area contributed by atoms with Crippen molar-refractivity contribution in [2.45, 2.75) is 50.8 Å². The number of methoxy groups -OCH3 is 1. The smallest absolute Gasteiger partial charge is 0.336 e. The van der Waals surface area contributed by atoms with E-state index < -0.39 is 42.6 Å². The molecule has 0 spiro atoms. The van der Waals surface area contributed by atoms with E-state index in [0.717, 1.165) is 10.9 Å². The Kier molecular flexibility index (Phi) is 6.67. The molecule has 190 valence electrons. The molecule has 2 fully saturated rings. The van der Waals surface area contributed by atoms with E-state index in [-0.39, 0.29) is 12.5 Å². The lowest BCUT2D eigenvalue weighted by Gasteiger charge is -2.47. The van der Waals surface area contributed by atoms with Crippen molar-refractivity contribution in [3.8, 4) is 11.5 Å². The number of fused-ring (bicyclic) bond motifs is 2. The Balaban J connectivity index is 1.39. The van der Waals surface area contributed by atoms with E-state index in [0.29, 0.717) is 22.6 Å². The number of hydrogen-bond acceptors (Lipinski definition) is 9. The van der Waals surface area contributed by atoms with E-state index >= 15 is 0 Å². The molecular formula is C26H27NO9. The Morgan fingerprint density at radius 3 is 2.72 bits per heavy atom. The van der Waals surface area contributed by atoms with E-state index in [4.69, 9.17) is 28.1 Å². The fourth-order valence-corrected chi connectivity index (χ4v) is 4.61. The van der Waals surface area contributed by atoms with Crippen LogP contribution in [0.15, 0.2) is 57.7 Å². The third-order valence-corrected chi connectivity index (χ3v) is 6.30. The van der Waals surface area contributed by atoms with Crippen LogP contribution >= 0.6 is 0 Å².